The van der Waals surface area contributed by atoms with Gasteiger partial charge in [0, 0.05) is 23.4 Å². The topological polar surface area (TPSA) is 46.1 Å². The van der Waals surface area contributed by atoms with Gasteiger partial charge in [-0.3, -0.25) is 4.79 Å². The molecule has 0 bridgehead atoms. The molecule has 0 aromatic carbocycles. The molecule has 0 spiro atoms. The van der Waals surface area contributed by atoms with Gasteiger partial charge in [-0.2, -0.15) is 0 Å². The van der Waals surface area contributed by atoms with Crippen molar-refractivity contribution < 1.29 is 4.79 Å². The number of aromatic nitrogens is 2. The third-order valence-corrected chi connectivity index (χ3v) is 7.61. The lowest BCUT2D eigenvalue weighted by molar-refractivity contribution is -0.131. The van der Waals surface area contributed by atoms with Crippen LogP contribution in [0.15, 0.2) is 11.4 Å². The average Bonchev–Trinajstić information content (AvgIpc) is 3.00. The second-order valence-electron chi connectivity index (χ2n) is 7.36. The summed E-state index contributed by atoms with van der Waals surface area (Å²) in [5, 5.41) is 2.13. The average molecular weight is 376 g/mol. The van der Waals surface area contributed by atoms with Crippen molar-refractivity contribution >= 4 is 39.2 Å². The van der Waals surface area contributed by atoms with Gasteiger partial charge in [0.2, 0.25) is 5.91 Å². The van der Waals surface area contributed by atoms with Crippen molar-refractivity contribution in [3.05, 3.63) is 16.8 Å². The third-order valence-electron chi connectivity index (χ3n) is 5.36. The maximum Gasteiger partial charge on any atom is 0.235 e. The van der Waals surface area contributed by atoms with E-state index in [1.165, 1.54) is 28.7 Å². The number of carbonyl (C=O) groups is 1. The van der Waals surface area contributed by atoms with Gasteiger partial charge in [-0.25, -0.2) is 9.97 Å². The van der Waals surface area contributed by atoms with E-state index in [0.29, 0.717) is 0 Å². The van der Waals surface area contributed by atoms with Crippen molar-refractivity contribution in [2.45, 2.75) is 62.6 Å². The number of amides is 1. The van der Waals surface area contributed by atoms with Gasteiger partial charge in [-0.05, 0) is 56.9 Å². The minimum Gasteiger partial charge on any atom is -0.342 e. The monoisotopic (exact) mass is 375 g/mol. The number of likely N-dealkylation sites (tertiary alicyclic amines) is 1. The summed E-state index contributed by atoms with van der Waals surface area (Å²) in [6, 6.07) is 0. The predicted octanol–water partition coefficient (Wildman–Crippen LogP) is 4.31. The lowest BCUT2D eigenvalue weighted by atomic mass is 9.89. The fourth-order valence-corrected chi connectivity index (χ4v) is 6.37. The van der Waals surface area contributed by atoms with Crippen molar-refractivity contribution in [1.29, 1.82) is 0 Å². The van der Waals surface area contributed by atoms with Crippen LogP contribution in [0, 0.1) is 5.92 Å². The summed E-state index contributed by atoms with van der Waals surface area (Å²) in [6.45, 7) is 6.17. The summed E-state index contributed by atoms with van der Waals surface area (Å²) in [6.07, 6.45) is 8.69. The van der Waals surface area contributed by atoms with Crippen molar-refractivity contribution in [3.63, 3.8) is 0 Å². The van der Waals surface area contributed by atoms with Crippen molar-refractivity contribution in [1.82, 2.24) is 14.9 Å². The Morgan fingerprint density at radius 2 is 2.12 bits per heavy atom. The Kier molecular flexibility index (Phi) is 5.00. The Morgan fingerprint density at radius 3 is 2.92 bits per heavy atom. The van der Waals surface area contributed by atoms with E-state index in [1.54, 1.807) is 18.1 Å². The normalized spacial score (nSPS) is 22.0. The largest absolute Gasteiger partial charge is 0.342 e. The molecule has 134 valence electrons. The van der Waals surface area contributed by atoms with Crippen molar-refractivity contribution in [3.8, 4) is 0 Å². The zero-order valence-electron chi connectivity index (χ0n) is 15.0. The third kappa shape index (κ3) is 3.43. The molecule has 4 rings (SSSR count). The molecule has 0 saturated carbocycles. The summed E-state index contributed by atoms with van der Waals surface area (Å²) in [4.78, 5) is 26.4. The Hall–Kier alpha value is -1.14. The summed E-state index contributed by atoms with van der Waals surface area (Å²) < 4.78 is 0. The van der Waals surface area contributed by atoms with Gasteiger partial charge in [0.1, 0.15) is 16.2 Å². The Morgan fingerprint density at radius 1 is 1.32 bits per heavy atom. The van der Waals surface area contributed by atoms with Gasteiger partial charge in [0.05, 0.1) is 5.25 Å². The molecule has 1 aliphatic heterocycles. The number of carbonyl (C=O) groups excluding carboxylic acids is 1. The number of rotatable bonds is 3. The summed E-state index contributed by atoms with van der Waals surface area (Å²) in [5.41, 5.74) is 1.44. The van der Waals surface area contributed by atoms with Crippen molar-refractivity contribution in [2.75, 3.05) is 13.1 Å². The van der Waals surface area contributed by atoms with Crippen LogP contribution in [-0.2, 0) is 17.6 Å². The Bertz CT molecular complexity index is 782. The lowest BCUT2D eigenvalue weighted by Gasteiger charge is -2.29. The highest BCUT2D eigenvalue weighted by atomic mass is 32.2. The van der Waals surface area contributed by atoms with E-state index in [2.05, 4.69) is 16.9 Å². The van der Waals surface area contributed by atoms with E-state index in [4.69, 9.17) is 0 Å². The zero-order chi connectivity index (χ0) is 17.4. The summed E-state index contributed by atoms with van der Waals surface area (Å²) in [7, 11) is 0. The van der Waals surface area contributed by atoms with Gasteiger partial charge in [-0.15, -0.1) is 11.3 Å². The molecular weight excluding hydrogens is 350 g/mol. The fraction of sp³-hybridized carbons (Fsp3) is 0.632. The van der Waals surface area contributed by atoms with Crippen LogP contribution >= 0.6 is 23.1 Å². The maximum absolute atomic E-state index is 12.8. The first kappa shape index (κ1) is 17.3. The number of piperidine rings is 1. The molecule has 25 heavy (non-hydrogen) atoms. The first-order valence-corrected chi connectivity index (χ1v) is 11.0. The van der Waals surface area contributed by atoms with Crippen LogP contribution < -0.4 is 0 Å². The molecule has 1 saturated heterocycles. The highest BCUT2D eigenvalue weighted by Crippen LogP contribution is 2.41. The molecule has 3 heterocycles. The van der Waals surface area contributed by atoms with Crippen molar-refractivity contribution in [2.24, 2.45) is 5.92 Å². The Labute approximate surface area is 157 Å². The predicted molar refractivity (Wildman–Crippen MR) is 104 cm³/mol. The number of fused-ring (bicyclic) bond motifs is 3. The molecule has 1 amide bonds. The lowest BCUT2D eigenvalue weighted by Crippen LogP contribution is -2.40. The van der Waals surface area contributed by atoms with E-state index in [0.717, 1.165) is 54.5 Å². The van der Waals surface area contributed by atoms with Crippen LogP contribution in [0.2, 0.25) is 0 Å². The van der Waals surface area contributed by atoms with E-state index in [1.807, 2.05) is 23.2 Å². The molecule has 6 heteroatoms. The number of hydrogen-bond acceptors (Lipinski definition) is 5. The van der Waals surface area contributed by atoms with Crippen LogP contribution in [0.5, 0.6) is 0 Å². The molecule has 1 fully saturated rings. The van der Waals surface area contributed by atoms with Crippen LogP contribution in [-0.4, -0.2) is 39.1 Å². The highest BCUT2D eigenvalue weighted by Gasteiger charge is 2.27. The minimum absolute atomic E-state index is 0.0886. The molecule has 0 N–H and O–H groups in total. The SMILES string of the molecule is C[C@@H]1CCc2c(sc3ncnc(S[C@H](C)C(=O)N4CCCCC4)c23)C1. The smallest absolute Gasteiger partial charge is 0.235 e. The van der Waals surface area contributed by atoms with Gasteiger partial charge < -0.3 is 4.90 Å². The zero-order valence-corrected chi connectivity index (χ0v) is 16.6. The van der Waals surface area contributed by atoms with Gasteiger partial charge >= 0.3 is 0 Å². The second kappa shape index (κ2) is 7.23. The van der Waals surface area contributed by atoms with E-state index in [9.17, 15) is 4.79 Å². The quantitative estimate of drug-likeness (QED) is 0.592. The molecule has 0 unspecified atom stereocenters. The van der Waals surface area contributed by atoms with Gasteiger partial charge in [0.15, 0.2) is 0 Å². The fourth-order valence-electron chi connectivity index (χ4n) is 3.92. The number of hydrogen-bond donors (Lipinski definition) is 0. The molecule has 4 nitrogen and oxygen atoms in total. The van der Waals surface area contributed by atoms with E-state index in [-0.39, 0.29) is 11.2 Å². The summed E-state index contributed by atoms with van der Waals surface area (Å²) >= 11 is 3.44. The van der Waals surface area contributed by atoms with Crippen LogP contribution in [0.25, 0.3) is 10.2 Å². The molecule has 2 atom stereocenters. The van der Waals surface area contributed by atoms with Gasteiger partial charge in [0.25, 0.3) is 0 Å². The minimum atomic E-state index is -0.0886. The first-order chi connectivity index (χ1) is 12.1. The molecule has 2 aromatic rings. The molecule has 2 aliphatic rings. The highest BCUT2D eigenvalue weighted by molar-refractivity contribution is 8.00. The molecule has 0 radical (unpaired) electrons. The standard InChI is InChI=1S/C19H25N3OS2/c1-12-6-7-14-15(10-12)25-18-16(14)17(20-11-21-18)24-13(2)19(23)22-8-4-3-5-9-22/h11-13H,3-10H2,1-2H3/t12-,13-/m1/s1. The van der Waals surface area contributed by atoms with E-state index >= 15 is 0 Å². The van der Waals surface area contributed by atoms with E-state index < -0.39 is 0 Å². The first-order valence-electron chi connectivity index (χ1n) is 9.34. The molecule has 1 aliphatic carbocycles. The molecular formula is C19H25N3OS2. The van der Waals surface area contributed by atoms with Crippen LogP contribution in [0.3, 0.4) is 0 Å². The van der Waals surface area contributed by atoms with Crippen LogP contribution in [0.1, 0.15) is 50.0 Å². The Balaban J connectivity index is 1.60. The number of thioether (sulfide) groups is 1. The maximum atomic E-state index is 12.8. The number of nitrogens with zero attached hydrogens (tertiary/aromatic N) is 3. The van der Waals surface area contributed by atoms with Gasteiger partial charge in [-0.1, -0.05) is 18.7 Å². The number of thiophene rings is 1. The number of aryl methyl sites for hydroxylation is 1. The second-order valence-corrected chi connectivity index (χ2v) is 9.77. The summed E-state index contributed by atoms with van der Waals surface area (Å²) in [5.74, 6) is 1.01. The molecule has 2 aromatic heterocycles. The van der Waals surface area contributed by atoms with Crippen LogP contribution in [0.4, 0.5) is 0 Å².